The molecular formula is C20H23F2N3O. The lowest BCUT2D eigenvalue weighted by molar-refractivity contribution is -0.112. The number of rotatable bonds is 5. The van der Waals surface area contributed by atoms with Gasteiger partial charge >= 0.3 is 0 Å². The number of hydrogen-bond acceptors (Lipinski definition) is 3. The summed E-state index contributed by atoms with van der Waals surface area (Å²) in [5.41, 5.74) is 1.25. The highest BCUT2D eigenvalue weighted by molar-refractivity contribution is 6.03. The van der Waals surface area contributed by atoms with E-state index in [1.165, 1.54) is 6.08 Å². The first kappa shape index (κ1) is 19.7. The zero-order valence-electron chi connectivity index (χ0n) is 15.1. The summed E-state index contributed by atoms with van der Waals surface area (Å²) in [6, 6.07) is 4.81. The Morgan fingerprint density at radius 3 is 2.62 bits per heavy atom. The third kappa shape index (κ3) is 5.46. The minimum absolute atomic E-state index is 0.210. The molecule has 4 nitrogen and oxygen atoms in total. The van der Waals surface area contributed by atoms with Crippen LogP contribution in [0.15, 0.2) is 60.0 Å². The second kappa shape index (κ2) is 9.20. The van der Waals surface area contributed by atoms with Crippen LogP contribution in [0.2, 0.25) is 0 Å². The molecule has 0 unspecified atom stereocenters. The Morgan fingerprint density at radius 2 is 1.96 bits per heavy atom. The monoisotopic (exact) mass is 359 g/mol. The zero-order chi connectivity index (χ0) is 19.1. The van der Waals surface area contributed by atoms with Crippen molar-refractivity contribution < 1.29 is 13.6 Å². The fourth-order valence-corrected chi connectivity index (χ4v) is 2.48. The summed E-state index contributed by atoms with van der Waals surface area (Å²) in [5.74, 6) is -1.05. The highest BCUT2D eigenvalue weighted by atomic mass is 19.1. The van der Waals surface area contributed by atoms with Crippen LogP contribution in [0.4, 0.5) is 14.6 Å². The number of anilines is 1. The Balaban J connectivity index is 2.13. The molecule has 1 amide bonds. The molecule has 1 saturated heterocycles. The number of carbonyl (C=O) groups is 1. The lowest BCUT2D eigenvalue weighted by Crippen LogP contribution is -2.26. The first-order valence-corrected chi connectivity index (χ1v) is 8.42. The molecule has 1 aromatic heterocycles. The highest BCUT2D eigenvalue weighted by Crippen LogP contribution is 2.27. The molecule has 0 atom stereocenters. The normalized spacial score (nSPS) is 16.4. The van der Waals surface area contributed by atoms with Crippen LogP contribution in [0.3, 0.4) is 0 Å². The number of hydrogen-bond donors (Lipinski definition) is 1. The van der Waals surface area contributed by atoms with Crippen molar-refractivity contribution in [1.82, 2.24) is 9.88 Å². The first-order valence-electron chi connectivity index (χ1n) is 8.42. The van der Waals surface area contributed by atoms with E-state index in [4.69, 9.17) is 0 Å². The molecule has 6 heteroatoms. The zero-order valence-corrected chi connectivity index (χ0v) is 15.1. The molecule has 0 radical (unpaired) electrons. The molecule has 0 bridgehead atoms. The predicted octanol–water partition coefficient (Wildman–Crippen LogP) is 4.41. The lowest BCUT2D eigenvalue weighted by Gasteiger charge is -2.24. The van der Waals surface area contributed by atoms with Gasteiger partial charge in [0.15, 0.2) is 0 Å². The summed E-state index contributed by atoms with van der Waals surface area (Å²) < 4.78 is 27.7. The van der Waals surface area contributed by atoms with Gasteiger partial charge in [-0.1, -0.05) is 18.7 Å². The number of pyridine rings is 1. The largest absolute Gasteiger partial charge is 0.307 e. The number of allylic oxidation sites excluding steroid dienone is 4. The van der Waals surface area contributed by atoms with Gasteiger partial charge < -0.3 is 10.2 Å². The van der Waals surface area contributed by atoms with Crippen molar-refractivity contribution in [3.8, 4) is 0 Å². The van der Waals surface area contributed by atoms with E-state index in [2.05, 4.69) is 21.8 Å². The Labute approximate surface area is 152 Å². The summed E-state index contributed by atoms with van der Waals surface area (Å²) >= 11 is 0. The van der Waals surface area contributed by atoms with Crippen molar-refractivity contribution in [1.29, 1.82) is 0 Å². The van der Waals surface area contributed by atoms with Gasteiger partial charge in [0.05, 0.1) is 0 Å². The third-order valence-electron chi connectivity index (χ3n) is 4.16. The molecular weight excluding hydrogens is 336 g/mol. The Bertz CT molecular complexity index is 771. The van der Waals surface area contributed by atoms with Gasteiger partial charge in [0.2, 0.25) is 0 Å². The molecule has 26 heavy (non-hydrogen) atoms. The van der Waals surface area contributed by atoms with Gasteiger partial charge in [-0.3, -0.25) is 4.79 Å². The fraction of sp³-hybridized carbons (Fsp3) is 0.300. The number of piperidine rings is 1. The number of carbonyl (C=O) groups excluding carboxylic acids is 1. The van der Waals surface area contributed by atoms with Gasteiger partial charge in [0, 0.05) is 18.7 Å². The van der Waals surface area contributed by atoms with Crippen molar-refractivity contribution in [3.05, 3.63) is 65.7 Å². The van der Waals surface area contributed by atoms with Crippen LogP contribution < -0.4 is 5.32 Å². The average Bonchev–Trinajstić information content (AvgIpc) is 2.65. The minimum Gasteiger partial charge on any atom is -0.307 e. The van der Waals surface area contributed by atoms with E-state index in [-0.39, 0.29) is 17.3 Å². The average molecular weight is 359 g/mol. The topological polar surface area (TPSA) is 45.2 Å². The maximum absolute atomic E-state index is 14.7. The van der Waals surface area contributed by atoms with E-state index in [0.717, 1.165) is 30.8 Å². The Kier molecular flexibility index (Phi) is 6.97. The summed E-state index contributed by atoms with van der Waals surface area (Å²) in [6.07, 6.45) is 4.88. The van der Waals surface area contributed by atoms with Crippen molar-refractivity contribution in [3.63, 3.8) is 0 Å². The van der Waals surface area contributed by atoms with Gasteiger partial charge in [-0.05, 0) is 56.7 Å². The fourth-order valence-electron chi connectivity index (χ4n) is 2.48. The Morgan fingerprint density at radius 1 is 1.27 bits per heavy atom. The summed E-state index contributed by atoms with van der Waals surface area (Å²) in [6.45, 7) is 6.48. The van der Waals surface area contributed by atoms with E-state index in [9.17, 15) is 13.6 Å². The van der Waals surface area contributed by atoms with Crippen molar-refractivity contribution >= 4 is 17.6 Å². The second-order valence-corrected chi connectivity index (χ2v) is 6.19. The molecule has 1 aliphatic rings. The van der Waals surface area contributed by atoms with E-state index >= 15 is 0 Å². The predicted molar refractivity (Wildman–Crippen MR) is 101 cm³/mol. The molecule has 2 heterocycles. The molecule has 1 fully saturated rings. The van der Waals surface area contributed by atoms with Gasteiger partial charge in [-0.2, -0.15) is 0 Å². The van der Waals surface area contributed by atoms with Crippen LogP contribution >= 0.6 is 0 Å². The SMILES string of the molecule is C=C/C(F)=C\C=C(/C)C(=O)Nc1cccc(C(F)=C2CCN(C)CC2)n1. The number of amides is 1. The maximum atomic E-state index is 14.7. The number of nitrogens with one attached hydrogen (secondary N) is 1. The molecule has 2 rings (SSSR count). The van der Waals surface area contributed by atoms with Crippen molar-refractivity contribution in [2.45, 2.75) is 19.8 Å². The van der Waals surface area contributed by atoms with Crippen LogP contribution in [0, 0.1) is 0 Å². The summed E-state index contributed by atoms with van der Waals surface area (Å²) in [5, 5.41) is 2.60. The standard InChI is InChI=1S/C20H23F2N3O/c1-4-16(21)9-8-14(2)20(26)24-18-7-5-6-17(23-18)19(22)15-10-12-25(3)13-11-15/h4-9H,1,10-13H2,2-3H3,(H,23,24,26)/b14-8+,16-9+. The first-order chi connectivity index (χ1) is 12.4. The number of halogens is 2. The van der Waals surface area contributed by atoms with Crippen LogP contribution in [0.1, 0.15) is 25.5 Å². The van der Waals surface area contributed by atoms with Crippen LogP contribution in [-0.2, 0) is 4.79 Å². The third-order valence-corrected chi connectivity index (χ3v) is 4.16. The second-order valence-electron chi connectivity index (χ2n) is 6.19. The van der Waals surface area contributed by atoms with Gasteiger partial charge in [0.1, 0.15) is 23.2 Å². The minimum atomic E-state index is -0.538. The van der Waals surface area contributed by atoms with Crippen molar-refractivity contribution in [2.24, 2.45) is 0 Å². The van der Waals surface area contributed by atoms with Crippen LogP contribution in [0.5, 0.6) is 0 Å². The molecule has 138 valence electrons. The number of likely N-dealkylation sites (tertiary alicyclic amines) is 1. The van der Waals surface area contributed by atoms with E-state index in [1.54, 1.807) is 25.1 Å². The van der Waals surface area contributed by atoms with E-state index in [0.29, 0.717) is 18.4 Å². The molecule has 1 aliphatic heterocycles. The summed E-state index contributed by atoms with van der Waals surface area (Å²) in [4.78, 5) is 18.5. The van der Waals surface area contributed by atoms with E-state index in [1.807, 2.05) is 7.05 Å². The maximum Gasteiger partial charge on any atom is 0.252 e. The van der Waals surface area contributed by atoms with Gasteiger partial charge in [-0.15, -0.1) is 0 Å². The number of aromatic nitrogens is 1. The molecule has 0 saturated carbocycles. The molecule has 1 N–H and O–H groups in total. The Hall–Kier alpha value is -2.60. The smallest absolute Gasteiger partial charge is 0.252 e. The summed E-state index contributed by atoms with van der Waals surface area (Å²) in [7, 11) is 2.01. The quantitative estimate of drug-likeness (QED) is 0.626. The molecule has 1 aromatic rings. The molecule has 0 spiro atoms. The molecule has 0 aliphatic carbocycles. The number of nitrogens with zero attached hydrogens (tertiary/aromatic N) is 2. The lowest BCUT2D eigenvalue weighted by atomic mass is 10.0. The molecule has 0 aromatic carbocycles. The van der Waals surface area contributed by atoms with Crippen molar-refractivity contribution in [2.75, 3.05) is 25.5 Å². The highest BCUT2D eigenvalue weighted by Gasteiger charge is 2.17. The van der Waals surface area contributed by atoms with Crippen LogP contribution in [-0.4, -0.2) is 35.9 Å². The van der Waals surface area contributed by atoms with E-state index < -0.39 is 11.7 Å². The van der Waals surface area contributed by atoms with Gasteiger partial charge in [0.25, 0.3) is 5.91 Å². The van der Waals surface area contributed by atoms with Gasteiger partial charge in [-0.25, -0.2) is 13.8 Å². The van der Waals surface area contributed by atoms with Crippen LogP contribution in [0.25, 0.3) is 5.83 Å².